The van der Waals surface area contributed by atoms with Crippen molar-refractivity contribution in [3.05, 3.63) is 57.9 Å². The van der Waals surface area contributed by atoms with Gasteiger partial charge in [-0.05, 0) is 43.7 Å². The average molecular weight is 498 g/mol. The Kier molecular flexibility index (Phi) is 6.12. The van der Waals surface area contributed by atoms with Crippen LogP contribution in [0.5, 0.6) is 0 Å². The van der Waals surface area contributed by atoms with Crippen molar-refractivity contribution >= 4 is 44.7 Å². The summed E-state index contributed by atoms with van der Waals surface area (Å²) in [6.45, 7) is 1.91. The van der Waals surface area contributed by atoms with Crippen LogP contribution in [0.15, 0.2) is 36.5 Å². The minimum absolute atomic E-state index is 0.135. The lowest BCUT2D eigenvalue weighted by atomic mass is 10.1. The van der Waals surface area contributed by atoms with Crippen LogP contribution in [0.1, 0.15) is 23.0 Å². The highest BCUT2D eigenvalue weighted by molar-refractivity contribution is 7.87. The van der Waals surface area contributed by atoms with E-state index in [1.807, 2.05) is 32.3 Å². The lowest BCUT2D eigenvalue weighted by Gasteiger charge is -2.35. The first-order valence-corrected chi connectivity index (χ1v) is 12.3. The number of halogens is 2. The third-order valence-corrected chi connectivity index (χ3v) is 8.42. The second kappa shape index (κ2) is 8.56. The molecule has 0 spiro atoms. The smallest absolute Gasteiger partial charge is 0.280 e. The Morgan fingerprint density at radius 2 is 2.06 bits per heavy atom. The highest BCUT2D eigenvalue weighted by Gasteiger charge is 2.41. The summed E-state index contributed by atoms with van der Waals surface area (Å²) >= 11 is 7.23. The average Bonchev–Trinajstić information content (AvgIpc) is 3.32. The van der Waals surface area contributed by atoms with Crippen LogP contribution in [0.25, 0.3) is 10.4 Å². The molecule has 32 heavy (non-hydrogen) atoms. The van der Waals surface area contributed by atoms with E-state index in [0.717, 1.165) is 31.4 Å². The number of aromatic nitrogens is 2. The Labute approximate surface area is 194 Å². The van der Waals surface area contributed by atoms with Gasteiger partial charge in [0.2, 0.25) is 5.91 Å². The maximum absolute atomic E-state index is 13.4. The third-order valence-electron chi connectivity index (χ3n) is 5.31. The van der Waals surface area contributed by atoms with Gasteiger partial charge in [0.05, 0.1) is 16.8 Å². The number of anilines is 1. The molecule has 1 aromatic carbocycles. The van der Waals surface area contributed by atoms with Crippen molar-refractivity contribution in [2.75, 3.05) is 12.4 Å². The van der Waals surface area contributed by atoms with Crippen molar-refractivity contribution in [2.45, 2.75) is 25.4 Å². The van der Waals surface area contributed by atoms with Crippen molar-refractivity contribution in [3.63, 3.8) is 0 Å². The Hall–Kier alpha value is -2.31. The lowest BCUT2D eigenvalue weighted by molar-refractivity contribution is -0.120. The molecule has 1 saturated heterocycles. The van der Waals surface area contributed by atoms with Gasteiger partial charge in [0.15, 0.2) is 0 Å². The molecule has 1 aliphatic rings. The van der Waals surface area contributed by atoms with Crippen molar-refractivity contribution in [1.29, 1.82) is 0 Å². The minimum Gasteiger partial charge on any atom is -0.325 e. The molecule has 0 saturated carbocycles. The highest BCUT2D eigenvalue weighted by atomic mass is 35.5. The molecule has 2 N–H and O–H groups in total. The van der Waals surface area contributed by atoms with E-state index in [2.05, 4.69) is 15.1 Å². The predicted octanol–water partition coefficient (Wildman–Crippen LogP) is 3.47. The summed E-state index contributed by atoms with van der Waals surface area (Å²) in [5.74, 6) is -1.13. The Balaban J connectivity index is 1.58. The normalized spacial score (nSPS) is 20.9. The molecule has 0 bridgehead atoms. The summed E-state index contributed by atoms with van der Waals surface area (Å²) in [4.78, 5) is 14.7. The summed E-state index contributed by atoms with van der Waals surface area (Å²) in [5, 5.41) is 6.84. The molecule has 170 valence electrons. The molecule has 1 amide bonds. The van der Waals surface area contributed by atoms with Gasteiger partial charge in [-0.3, -0.25) is 9.48 Å². The molecule has 1 aliphatic heterocycles. The number of hydrogen-bond donors (Lipinski definition) is 2. The van der Waals surface area contributed by atoms with Gasteiger partial charge >= 0.3 is 0 Å². The van der Waals surface area contributed by atoms with Crippen molar-refractivity contribution < 1.29 is 17.6 Å². The topological polar surface area (TPSA) is 96.3 Å². The summed E-state index contributed by atoms with van der Waals surface area (Å²) in [6, 6.07) is 6.04. The molecule has 0 aliphatic carbocycles. The maximum atomic E-state index is 13.4. The van der Waals surface area contributed by atoms with E-state index in [1.165, 1.54) is 30.5 Å². The minimum atomic E-state index is -3.89. The van der Waals surface area contributed by atoms with Crippen molar-refractivity contribution in [2.24, 2.45) is 7.05 Å². The van der Waals surface area contributed by atoms with Crippen LogP contribution in [0.4, 0.5) is 10.1 Å². The zero-order valence-electron chi connectivity index (χ0n) is 17.5. The number of aryl methyl sites for hydroxylation is 2. The summed E-state index contributed by atoms with van der Waals surface area (Å²) in [7, 11) is -0.705. The highest BCUT2D eigenvalue weighted by Crippen LogP contribution is 2.37. The molecular formula is C20H21ClFN5O3S2. The second-order valence-electron chi connectivity index (χ2n) is 7.57. The van der Waals surface area contributed by atoms with Gasteiger partial charge < -0.3 is 5.32 Å². The van der Waals surface area contributed by atoms with Crippen LogP contribution in [0.2, 0.25) is 5.02 Å². The van der Waals surface area contributed by atoms with Gasteiger partial charge in [0, 0.05) is 41.3 Å². The second-order valence-corrected chi connectivity index (χ2v) is 10.8. The molecular weight excluding hydrogens is 477 g/mol. The number of nitrogens with one attached hydrogen (secondary N) is 2. The van der Waals surface area contributed by atoms with E-state index in [1.54, 1.807) is 4.68 Å². The van der Waals surface area contributed by atoms with E-state index in [-0.39, 0.29) is 17.1 Å². The Morgan fingerprint density at radius 3 is 2.72 bits per heavy atom. The van der Waals surface area contributed by atoms with Gasteiger partial charge in [0.25, 0.3) is 10.2 Å². The van der Waals surface area contributed by atoms with Gasteiger partial charge in [-0.1, -0.05) is 11.6 Å². The van der Waals surface area contributed by atoms with Crippen LogP contribution < -0.4 is 10.0 Å². The number of rotatable bonds is 4. The zero-order chi connectivity index (χ0) is 23.2. The largest absolute Gasteiger partial charge is 0.325 e. The number of benzene rings is 1. The van der Waals surface area contributed by atoms with Crippen LogP contribution in [0.3, 0.4) is 0 Å². The van der Waals surface area contributed by atoms with E-state index < -0.39 is 34.0 Å². The van der Waals surface area contributed by atoms with Crippen LogP contribution >= 0.6 is 22.9 Å². The molecule has 0 radical (unpaired) electrons. The molecule has 12 heteroatoms. The number of carbonyl (C=O) groups is 1. The number of amides is 1. The molecule has 2 aromatic heterocycles. The summed E-state index contributed by atoms with van der Waals surface area (Å²) in [6.07, 6.45) is 2.14. The van der Waals surface area contributed by atoms with Crippen molar-refractivity contribution in [1.82, 2.24) is 18.8 Å². The Morgan fingerprint density at radius 1 is 1.31 bits per heavy atom. The SMILES string of the molecule is Cc1nn(C)cc1-c1ccc(C2CC(C(=O)Nc3ccc(F)c(Cl)c3)N(C)S(=O)(=O)N2)s1. The lowest BCUT2D eigenvalue weighted by Crippen LogP contribution is -2.55. The molecule has 3 aromatic rings. The molecule has 2 atom stereocenters. The number of hydrogen-bond acceptors (Lipinski definition) is 5. The quantitative estimate of drug-likeness (QED) is 0.577. The standard InChI is InChI=1S/C20H21ClFN5O3S2/c1-11-13(10-26(2)24-11)18-6-7-19(31-18)16-9-17(27(3)32(29,30)25-16)20(28)23-12-4-5-15(22)14(21)8-12/h4-8,10,16-17,25H,9H2,1-3H3,(H,23,28). The number of carbonyl (C=O) groups excluding carboxylic acids is 1. The maximum Gasteiger partial charge on any atom is 0.280 e. The fourth-order valence-electron chi connectivity index (χ4n) is 3.62. The fraction of sp³-hybridized carbons (Fsp3) is 0.300. The third kappa shape index (κ3) is 4.44. The molecule has 3 heterocycles. The van der Waals surface area contributed by atoms with Gasteiger partial charge in [-0.15, -0.1) is 11.3 Å². The predicted molar refractivity (Wildman–Crippen MR) is 122 cm³/mol. The molecule has 8 nitrogen and oxygen atoms in total. The first-order valence-electron chi connectivity index (χ1n) is 9.66. The van der Waals surface area contributed by atoms with Crippen LogP contribution in [-0.2, 0) is 22.1 Å². The number of nitrogens with zero attached hydrogens (tertiary/aromatic N) is 3. The van der Waals surface area contributed by atoms with Gasteiger partial charge in [-0.25, -0.2) is 4.39 Å². The number of thiophene rings is 1. The monoisotopic (exact) mass is 497 g/mol. The van der Waals surface area contributed by atoms with Crippen LogP contribution in [-0.4, -0.2) is 41.5 Å². The molecule has 4 rings (SSSR count). The van der Waals surface area contributed by atoms with E-state index >= 15 is 0 Å². The summed E-state index contributed by atoms with van der Waals surface area (Å²) < 4.78 is 44.2. The van der Waals surface area contributed by atoms with E-state index in [9.17, 15) is 17.6 Å². The fourth-order valence-corrected chi connectivity index (χ4v) is 6.28. The molecule has 2 unspecified atom stereocenters. The van der Waals surface area contributed by atoms with Gasteiger partial charge in [0.1, 0.15) is 11.9 Å². The van der Waals surface area contributed by atoms with E-state index in [4.69, 9.17) is 11.6 Å². The van der Waals surface area contributed by atoms with Crippen LogP contribution in [0, 0.1) is 12.7 Å². The summed E-state index contributed by atoms with van der Waals surface area (Å²) in [5.41, 5.74) is 2.13. The van der Waals surface area contributed by atoms with Gasteiger partial charge in [-0.2, -0.15) is 22.5 Å². The van der Waals surface area contributed by atoms with Crippen molar-refractivity contribution in [3.8, 4) is 10.4 Å². The zero-order valence-corrected chi connectivity index (χ0v) is 19.9. The Bertz CT molecular complexity index is 1290. The number of likely N-dealkylation sites (N-methyl/N-ethyl adjacent to an activating group) is 1. The first-order chi connectivity index (χ1) is 15.0. The van der Waals surface area contributed by atoms with E-state index in [0.29, 0.717) is 0 Å². The molecule has 1 fully saturated rings. The first kappa shape index (κ1) is 22.9.